The van der Waals surface area contributed by atoms with Crippen LogP contribution in [0.4, 0.5) is 0 Å². The van der Waals surface area contributed by atoms with Gasteiger partial charge in [-0.15, -0.1) is 0 Å². The highest BCUT2D eigenvalue weighted by molar-refractivity contribution is 5.87. The molecule has 0 aromatic rings. The lowest BCUT2D eigenvalue weighted by atomic mass is 9.77. The van der Waals surface area contributed by atoms with E-state index in [0.29, 0.717) is 0 Å². The van der Waals surface area contributed by atoms with Crippen molar-refractivity contribution in [2.24, 2.45) is 11.8 Å². The second kappa shape index (κ2) is 3.70. The largest absolute Gasteiger partial charge is 0.511 e. The lowest BCUT2D eigenvalue weighted by Crippen LogP contribution is -2.43. The molecule has 15 heavy (non-hydrogen) atoms. The normalized spacial score (nSPS) is 31.1. The Bertz CT molecular complexity index is 336. The Morgan fingerprint density at radius 1 is 1.47 bits per heavy atom. The average Bonchev–Trinajstić information content (AvgIpc) is 1.99. The average molecular weight is 212 g/mol. The van der Waals surface area contributed by atoms with Gasteiger partial charge in [0.1, 0.15) is 28.8 Å². The molecule has 1 rings (SSSR count). The van der Waals surface area contributed by atoms with Crippen LogP contribution in [0.15, 0.2) is 23.7 Å². The van der Waals surface area contributed by atoms with Crippen molar-refractivity contribution in [2.45, 2.75) is 26.4 Å². The van der Waals surface area contributed by atoms with Crippen LogP contribution in [0.1, 0.15) is 20.8 Å². The Kier molecular flexibility index (Phi) is 2.90. The second-order valence-corrected chi connectivity index (χ2v) is 4.35. The molecule has 1 aliphatic rings. The predicted molar refractivity (Wildman–Crippen MR) is 55.4 cm³/mol. The van der Waals surface area contributed by atoms with E-state index in [9.17, 15) is 20.1 Å². The van der Waals surface area contributed by atoms with E-state index in [1.165, 1.54) is 6.92 Å². The van der Waals surface area contributed by atoms with Gasteiger partial charge >= 0.3 is 0 Å². The molecule has 0 saturated heterocycles. The molecule has 84 valence electrons. The van der Waals surface area contributed by atoms with Crippen LogP contribution in [0, 0.1) is 11.8 Å². The topological polar surface area (TPSA) is 77.8 Å². The summed E-state index contributed by atoms with van der Waals surface area (Å²) in [6, 6.07) is 0. The van der Waals surface area contributed by atoms with E-state index in [1.807, 2.05) is 0 Å². The summed E-state index contributed by atoms with van der Waals surface area (Å²) >= 11 is 0. The summed E-state index contributed by atoms with van der Waals surface area (Å²) in [6.07, 6.45) is 2.25. The predicted octanol–water partition coefficient (Wildman–Crippen LogP) is 1.48. The van der Waals surface area contributed by atoms with Gasteiger partial charge in [0.05, 0.1) is 0 Å². The maximum absolute atomic E-state index is 11.8. The molecule has 0 fully saturated rings. The van der Waals surface area contributed by atoms with Crippen LogP contribution in [0.3, 0.4) is 0 Å². The molecule has 1 aliphatic carbocycles. The molecule has 4 heteroatoms. The Balaban J connectivity index is 3.10. The fourth-order valence-electron chi connectivity index (χ4n) is 1.73. The van der Waals surface area contributed by atoms with Crippen LogP contribution in [0.5, 0.6) is 0 Å². The summed E-state index contributed by atoms with van der Waals surface area (Å²) in [5.41, 5.74) is -1.54. The van der Waals surface area contributed by atoms with Crippen LogP contribution in [-0.2, 0) is 4.79 Å². The summed E-state index contributed by atoms with van der Waals surface area (Å²) in [5.74, 6) is -2.06. The van der Waals surface area contributed by atoms with E-state index in [0.717, 1.165) is 12.2 Å². The van der Waals surface area contributed by atoms with Gasteiger partial charge in [-0.25, -0.2) is 0 Å². The summed E-state index contributed by atoms with van der Waals surface area (Å²) in [4.78, 5) is 11.8. The molecule has 0 radical (unpaired) electrons. The zero-order valence-electron chi connectivity index (χ0n) is 9.06. The molecular weight excluding hydrogens is 196 g/mol. The van der Waals surface area contributed by atoms with Crippen molar-refractivity contribution in [1.82, 2.24) is 0 Å². The van der Waals surface area contributed by atoms with Crippen LogP contribution < -0.4 is 0 Å². The SMILES string of the molecule is CC(C)C(=O)C1C(O)=CC(O)=CC1(C)O. The third kappa shape index (κ3) is 2.21. The van der Waals surface area contributed by atoms with E-state index >= 15 is 0 Å². The molecule has 0 bridgehead atoms. The van der Waals surface area contributed by atoms with Crippen molar-refractivity contribution in [2.75, 3.05) is 0 Å². The van der Waals surface area contributed by atoms with Crippen molar-refractivity contribution in [1.29, 1.82) is 0 Å². The minimum Gasteiger partial charge on any atom is -0.511 e. The van der Waals surface area contributed by atoms with E-state index in [2.05, 4.69) is 0 Å². The van der Waals surface area contributed by atoms with Crippen molar-refractivity contribution in [3.63, 3.8) is 0 Å². The standard InChI is InChI=1S/C11H16O4/c1-6(2)10(14)9-8(13)4-7(12)5-11(9,3)15/h4-6,9,12-13,15H,1-3H3. The van der Waals surface area contributed by atoms with E-state index in [-0.39, 0.29) is 23.2 Å². The highest BCUT2D eigenvalue weighted by Gasteiger charge is 2.42. The lowest BCUT2D eigenvalue weighted by Gasteiger charge is -2.32. The molecule has 0 amide bonds. The summed E-state index contributed by atoms with van der Waals surface area (Å²) in [7, 11) is 0. The number of ketones is 1. The summed E-state index contributed by atoms with van der Waals surface area (Å²) in [6.45, 7) is 4.78. The molecule has 2 unspecified atom stereocenters. The number of aliphatic hydroxyl groups excluding tert-OH is 2. The van der Waals surface area contributed by atoms with Gasteiger partial charge in [0, 0.05) is 12.0 Å². The molecule has 0 aliphatic heterocycles. The van der Waals surface area contributed by atoms with Crippen molar-refractivity contribution in [3.05, 3.63) is 23.7 Å². The molecule has 0 spiro atoms. The minimum atomic E-state index is -1.54. The molecule has 3 N–H and O–H groups in total. The fraction of sp³-hybridized carbons (Fsp3) is 0.545. The number of hydrogen-bond donors (Lipinski definition) is 3. The second-order valence-electron chi connectivity index (χ2n) is 4.35. The van der Waals surface area contributed by atoms with Crippen molar-refractivity contribution in [3.8, 4) is 0 Å². The maximum Gasteiger partial charge on any atom is 0.149 e. The molecule has 4 nitrogen and oxygen atoms in total. The highest BCUT2D eigenvalue weighted by atomic mass is 16.3. The molecule has 2 atom stereocenters. The number of carbonyl (C=O) groups excluding carboxylic acids is 1. The van der Waals surface area contributed by atoms with Gasteiger partial charge in [0.2, 0.25) is 0 Å². The Hall–Kier alpha value is -1.29. The molecule has 0 saturated carbocycles. The zero-order chi connectivity index (χ0) is 11.8. The summed E-state index contributed by atoms with van der Waals surface area (Å²) < 4.78 is 0. The minimum absolute atomic E-state index is 0.231. The van der Waals surface area contributed by atoms with Gasteiger partial charge in [0.15, 0.2) is 0 Å². The fourth-order valence-corrected chi connectivity index (χ4v) is 1.73. The van der Waals surface area contributed by atoms with Crippen molar-refractivity contribution >= 4 is 5.78 Å². The monoisotopic (exact) mass is 212 g/mol. The van der Waals surface area contributed by atoms with E-state index in [1.54, 1.807) is 13.8 Å². The first-order chi connectivity index (χ1) is 6.75. The van der Waals surface area contributed by atoms with Gasteiger partial charge in [-0.1, -0.05) is 13.8 Å². The van der Waals surface area contributed by atoms with E-state index in [4.69, 9.17) is 0 Å². The van der Waals surface area contributed by atoms with Crippen LogP contribution in [-0.4, -0.2) is 26.7 Å². The zero-order valence-corrected chi connectivity index (χ0v) is 9.06. The quantitative estimate of drug-likeness (QED) is 0.647. The van der Waals surface area contributed by atoms with Crippen LogP contribution in [0.2, 0.25) is 0 Å². The molecule has 0 heterocycles. The number of allylic oxidation sites excluding steroid dienone is 1. The van der Waals surface area contributed by atoms with Gasteiger partial charge in [-0.3, -0.25) is 4.79 Å². The molecular formula is C11H16O4. The van der Waals surface area contributed by atoms with Gasteiger partial charge < -0.3 is 15.3 Å². The first-order valence-electron chi connectivity index (χ1n) is 4.84. The first kappa shape index (κ1) is 11.8. The van der Waals surface area contributed by atoms with Gasteiger partial charge in [-0.05, 0) is 13.0 Å². The van der Waals surface area contributed by atoms with Gasteiger partial charge in [0.25, 0.3) is 0 Å². The number of hydrogen-bond acceptors (Lipinski definition) is 4. The first-order valence-corrected chi connectivity index (χ1v) is 4.84. The van der Waals surface area contributed by atoms with Gasteiger partial charge in [-0.2, -0.15) is 0 Å². The van der Waals surface area contributed by atoms with Crippen LogP contribution in [0.25, 0.3) is 0 Å². The Morgan fingerprint density at radius 2 is 2.00 bits per heavy atom. The third-order valence-corrected chi connectivity index (χ3v) is 2.47. The maximum atomic E-state index is 11.8. The summed E-state index contributed by atoms with van der Waals surface area (Å²) in [5, 5.41) is 28.7. The van der Waals surface area contributed by atoms with Crippen LogP contribution >= 0.6 is 0 Å². The number of Topliss-reactive ketones (excluding diaryl/α,β-unsaturated/α-hetero) is 1. The molecule has 0 aromatic carbocycles. The lowest BCUT2D eigenvalue weighted by molar-refractivity contribution is -0.131. The Morgan fingerprint density at radius 3 is 2.40 bits per heavy atom. The number of rotatable bonds is 2. The van der Waals surface area contributed by atoms with E-state index < -0.39 is 11.5 Å². The van der Waals surface area contributed by atoms with Crippen molar-refractivity contribution < 1.29 is 20.1 Å². The Labute approximate surface area is 88.5 Å². The highest BCUT2D eigenvalue weighted by Crippen LogP contribution is 2.32. The molecule has 0 aromatic heterocycles. The smallest absolute Gasteiger partial charge is 0.149 e. The number of carbonyl (C=O) groups is 1. The number of aliphatic hydroxyl groups is 3. The third-order valence-electron chi connectivity index (χ3n) is 2.47.